The number of para-hydroxylation sites is 1. The van der Waals surface area contributed by atoms with Gasteiger partial charge in [0.05, 0.1) is 26.4 Å². The summed E-state index contributed by atoms with van der Waals surface area (Å²) in [6.07, 6.45) is 2.25. The number of fused-ring (bicyclic) bond motifs is 1. The number of hydrogen-bond donors (Lipinski definition) is 2. The van der Waals surface area contributed by atoms with Crippen LogP contribution in [0.15, 0.2) is 23.2 Å². The van der Waals surface area contributed by atoms with Crippen molar-refractivity contribution in [1.82, 2.24) is 10.2 Å². The van der Waals surface area contributed by atoms with Gasteiger partial charge in [-0.1, -0.05) is 12.1 Å². The lowest BCUT2D eigenvalue weighted by Gasteiger charge is -2.31. The number of piperidine rings is 1. The highest BCUT2D eigenvalue weighted by molar-refractivity contribution is 5.78. The molecule has 1 saturated heterocycles. The Morgan fingerprint density at radius 2 is 2.11 bits per heavy atom. The summed E-state index contributed by atoms with van der Waals surface area (Å²) in [6.45, 7) is 5.24. The number of ether oxygens (including phenoxy) is 3. The van der Waals surface area contributed by atoms with Gasteiger partial charge in [0.25, 0.3) is 0 Å². The molecule has 0 radical (unpaired) electrons. The summed E-state index contributed by atoms with van der Waals surface area (Å²) < 4.78 is 16.5. The molecule has 27 heavy (non-hydrogen) atoms. The second-order valence-electron chi connectivity index (χ2n) is 6.60. The van der Waals surface area contributed by atoms with Crippen LogP contribution in [0.25, 0.3) is 0 Å². The lowest BCUT2D eigenvalue weighted by atomic mass is 10.1. The molecule has 0 atom stereocenters. The first-order valence-electron chi connectivity index (χ1n) is 9.53. The van der Waals surface area contributed by atoms with Crippen LogP contribution in [-0.2, 0) is 11.3 Å². The average Bonchev–Trinajstić information content (AvgIpc) is 2.93. The molecule has 2 aliphatic heterocycles. The maximum atomic E-state index is 11.7. The smallest absolute Gasteiger partial charge is 0.409 e. The minimum Gasteiger partial charge on any atom is -0.490 e. The van der Waals surface area contributed by atoms with Gasteiger partial charge < -0.3 is 30.2 Å². The van der Waals surface area contributed by atoms with E-state index in [1.807, 2.05) is 25.1 Å². The molecular formula is C19H28N4O4. The summed E-state index contributed by atoms with van der Waals surface area (Å²) in [7, 11) is 0. The molecule has 0 unspecified atom stereocenters. The third-order valence-electron chi connectivity index (χ3n) is 4.65. The molecule has 1 aromatic rings. The van der Waals surface area contributed by atoms with E-state index in [0.29, 0.717) is 45.4 Å². The van der Waals surface area contributed by atoms with Gasteiger partial charge >= 0.3 is 6.09 Å². The number of aliphatic imine (C=N–C) groups is 1. The SMILES string of the molecule is CCOC(=O)N1CCC(NC(N)=NCc2cccc3c2OCCCO3)CC1. The van der Waals surface area contributed by atoms with E-state index in [1.54, 1.807) is 4.90 Å². The van der Waals surface area contributed by atoms with Crippen molar-refractivity contribution in [1.29, 1.82) is 0 Å². The summed E-state index contributed by atoms with van der Waals surface area (Å²) >= 11 is 0. The Bertz CT molecular complexity index is 672. The number of nitrogens with one attached hydrogen (secondary N) is 1. The Morgan fingerprint density at radius 3 is 2.89 bits per heavy atom. The second-order valence-corrected chi connectivity index (χ2v) is 6.60. The molecule has 8 heteroatoms. The summed E-state index contributed by atoms with van der Waals surface area (Å²) in [4.78, 5) is 17.9. The first-order valence-corrected chi connectivity index (χ1v) is 9.53. The molecule has 3 rings (SSSR count). The molecule has 2 aliphatic rings. The number of likely N-dealkylation sites (tertiary alicyclic amines) is 1. The van der Waals surface area contributed by atoms with E-state index in [-0.39, 0.29) is 12.1 Å². The monoisotopic (exact) mass is 376 g/mol. The van der Waals surface area contributed by atoms with Crippen LogP contribution in [0.4, 0.5) is 4.79 Å². The fraction of sp³-hybridized carbons (Fsp3) is 0.579. The number of amides is 1. The predicted molar refractivity (Wildman–Crippen MR) is 102 cm³/mol. The number of carbonyl (C=O) groups excluding carboxylic acids is 1. The third-order valence-corrected chi connectivity index (χ3v) is 4.65. The molecule has 3 N–H and O–H groups in total. The quantitative estimate of drug-likeness (QED) is 0.615. The average molecular weight is 376 g/mol. The van der Waals surface area contributed by atoms with Gasteiger partial charge in [-0.15, -0.1) is 0 Å². The van der Waals surface area contributed by atoms with Crippen molar-refractivity contribution in [2.75, 3.05) is 32.9 Å². The van der Waals surface area contributed by atoms with Crippen LogP contribution in [-0.4, -0.2) is 55.9 Å². The van der Waals surface area contributed by atoms with Crippen LogP contribution >= 0.6 is 0 Å². The molecule has 0 saturated carbocycles. The van der Waals surface area contributed by atoms with Crippen LogP contribution < -0.4 is 20.5 Å². The zero-order chi connectivity index (χ0) is 19.1. The molecule has 0 bridgehead atoms. The Morgan fingerprint density at radius 1 is 1.33 bits per heavy atom. The summed E-state index contributed by atoms with van der Waals surface area (Å²) in [5.74, 6) is 1.92. The molecule has 8 nitrogen and oxygen atoms in total. The van der Waals surface area contributed by atoms with E-state index >= 15 is 0 Å². The highest BCUT2D eigenvalue weighted by atomic mass is 16.6. The Labute approximate surface area is 159 Å². The summed E-state index contributed by atoms with van der Waals surface area (Å²) in [5.41, 5.74) is 7.02. The zero-order valence-electron chi connectivity index (χ0n) is 15.8. The van der Waals surface area contributed by atoms with Crippen molar-refractivity contribution in [3.8, 4) is 11.5 Å². The van der Waals surface area contributed by atoms with Crippen LogP contribution in [0.5, 0.6) is 11.5 Å². The minimum atomic E-state index is -0.246. The predicted octanol–water partition coefficient (Wildman–Crippen LogP) is 1.87. The van der Waals surface area contributed by atoms with Crippen LogP contribution in [0.2, 0.25) is 0 Å². The largest absolute Gasteiger partial charge is 0.490 e. The van der Waals surface area contributed by atoms with Gasteiger partial charge in [0.15, 0.2) is 17.5 Å². The van der Waals surface area contributed by atoms with Crippen LogP contribution in [0, 0.1) is 0 Å². The topological polar surface area (TPSA) is 98.4 Å². The third kappa shape index (κ3) is 5.18. The van der Waals surface area contributed by atoms with Crippen molar-refractivity contribution < 1.29 is 19.0 Å². The van der Waals surface area contributed by atoms with Gasteiger partial charge in [-0.05, 0) is 25.8 Å². The van der Waals surface area contributed by atoms with Crippen LogP contribution in [0.3, 0.4) is 0 Å². The standard InChI is InChI=1S/C19H28N4O4/c1-2-25-19(24)23-9-7-15(8-10-23)22-18(20)21-13-14-5-3-6-16-17(14)27-12-4-11-26-16/h3,5-6,15H,2,4,7-13H2,1H3,(H3,20,21,22). The lowest BCUT2D eigenvalue weighted by molar-refractivity contribution is 0.0963. The molecule has 0 spiro atoms. The van der Waals surface area contributed by atoms with Gasteiger partial charge in [0.1, 0.15) is 0 Å². The van der Waals surface area contributed by atoms with E-state index in [0.717, 1.165) is 36.3 Å². The van der Waals surface area contributed by atoms with E-state index < -0.39 is 0 Å². The van der Waals surface area contributed by atoms with Gasteiger partial charge in [0, 0.05) is 31.1 Å². The molecule has 0 aromatic heterocycles. The van der Waals surface area contributed by atoms with E-state index in [2.05, 4.69) is 10.3 Å². The number of guanidine groups is 1. The number of nitrogens with two attached hydrogens (primary N) is 1. The fourth-order valence-electron chi connectivity index (χ4n) is 3.22. The molecule has 2 heterocycles. The van der Waals surface area contributed by atoms with Crippen molar-refractivity contribution in [3.05, 3.63) is 23.8 Å². The van der Waals surface area contributed by atoms with Crippen molar-refractivity contribution >= 4 is 12.1 Å². The molecule has 1 fully saturated rings. The first-order chi connectivity index (χ1) is 13.2. The second kappa shape index (κ2) is 9.34. The van der Waals surface area contributed by atoms with E-state index in [4.69, 9.17) is 19.9 Å². The molecular weight excluding hydrogens is 348 g/mol. The Hall–Kier alpha value is -2.64. The maximum absolute atomic E-state index is 11.7. The Balaban J connectivity index is 1.52. The molecule has 1 aromatic carbocycles. The van der Waals surface area contributed by atoms with Gasteiger partial charge in [0.2, 0.25) is 0 Å². The van der Waals surface area contributed by atoms with Crippen molar-refractivity contribution in [2.24, 2.45) is 10.7 Å². The summed E-state index contributed by atoms with van der Waals surface area (Å²) in [5, 5.41) is 3.25. The summed E-state index contributed by atoms with van der Waals surface area (Å²) in [6, 6.07) is 6.02. The number of benzene rings is 1. The van der Waals surface area contributed by atoms with Crippen molar-refractivity contribution in [3.63, 3.8) is 0 Å². The van der Waals surface area contributed by atoms with Gasteiger partial charge in [-0.3, -0.25) is 0 Å². The fourth-order valence-corrected chi connectivity index (χ4v) is 3.22. The normalized spacial score (nSPS) is 18.0. The number of hydrogen-bond acceptors (Lipinski definition) is 5. The Kier molecular flexibility index (Phi) is 6.62. The number of rotatable bonds is 4. The molecule has 0 aliphatic carbocycles. The van der Waals surface area contributed by atoms with E-state index in [1.165, 1.54) is 0 Å². The minimum absolute atomic E-state index is 0.201. The highest BCUT2D eigenvalue weighted by Gasteiger charge is 2.23. The molecule has 148 valence electrons. The zero-order valence-corrected chi connectivity index (χ0v) is 15.8. The maximum Gasteiger partial charge on any atom is 0.409 e. The highest BCUT2D eigenvalue weighted by Crippen LogP contribution is 2.33. The molecule has 1 amide bonds. The van der Waals surface area contributed by atoms with Crippen molar-refractivity contribution in [2.45, 2.75) is 38.8 Å². The number of carbonyl (C=O) groups is 1. The van der Waals surface area contributed by atoms with Gasteiger partial charge in [-0.25, -0.2) is 9.79 Å². The first kappa shape index (κ1) is 19.1. The lowest BCUT2D eigenvalue weighted by Crippen LogP contribution is -2.48. The number of nitrogens with zero attached hydrogens (tertiary/aromatic N) is 2. The van der Waals surface area contributed by atoms with E-state index in [9.17, 15) is 4.79 Å². The van der Waals surface area contributed by atoms with Gasteiger partial charge in [-0.2, -0.15) is 0 Å². The van der Waals surface area contributed by atoms with Crippen LogP contribution in [0.1, 0.15) is 31.7 Å².